The van der Waals surface area contributed by atoms with E-state index < -0.39 is 11.9 Å². The highest BCUT2D eigenvalue weighted by Crippen LogP contribution is 2.41. The van der Waals surface area contributed by atoms with Crippen LogP contribution < -0.4 is 9.64 Å². The zero-order chi connectivity index (χ0) is 23.3. The van der Waals surface area contributed by atoms with Crippen molar-refractivity contribution < 1.29 is 19.4 Å². The van der Waals surface area contributed by atoms with E-state index in [0.29, 0.717) is 26.1 Å². The lowest BCUT2D eigenvalue weighted by Crippen LogP contribution is -2.36. The van der Waals surface area contributed by atoms with Gasteiger partial charge in [0.2, 0.25) is 0 Å². The number of anilines is 1. The minimum absolute atomic E-state index is 0.232. The van der Waals surface area contributed by atoms with E-state index in [1.807, 2.05) is 18.2 Å². The van der Waals surface area contributed by atoms with Gasteiger partial charge < -0.3 is 19.7 Å². The number of amides is 1. The molecule has 0 atom stereocenters. The van der Waals surface area contributed by atoms with Crippen LogP contribution in [0.5, 0.6) is 11.5 Å². The molecule has 0 bridgehead atoms. The molecular weight excluding hydrogens is 540 g/mol. The molecule has 170 valence electrons. The molecule has 6 nitrogen and oxygen atoms in total. The van der Waals surface area contributed by atoms with Gasteiger partial charge in [0.05, 0.1) is 8.95 Å². The summed E-state index contributed by atoms with van der Waals surface area (Å²) in [5.74, 6) is -1.24. The van der Waals surface area contributed by atoms with Gasteiger partial charge in [-0.2, -0.15) is 0 Å². The first-order chi connectivity index (χ1) is 15.3. The normalized spacial score (nSPS) is 11.0. The van der Waals surface area contributed by atoms with E-state index >= 15 is 0 Å². The Morgan fingerprint density at radius 2 is 1.78 bits per heavy atom. The zero-order valence-corrected chi connectivity index (χ0v) is 21.3. The quantitative estimate of drug-likeness (QED) is 0.215. The van der Waals surface area contributed by atoms with E-state index in [-0.39, 0.29) is 6.54 Å². The number of likely N-dealkylation sites (N-methyl/N-ethyl adjacent to an activating group) is 1. The Balaban J connectivity index is 1.85. The number of unbranched alkanes of at least 4 members (excludes halogenated alkanes) is 3. The molecule has 0 spiro atoms. The fourth-order valence-electron chi connectivity index (χ4n) is 3.65. The first-order valence-electron chi connectivity index (χ1n) is 10.7. The molecule has 32 heavy (non-hydrogen) atoms. The SMILES string of the molecule is CCCCCCc1c[nH]c2ccc(Oc3c(Br)cc(N(CC)C(=O)C(=O)O)cc3Br)cc12. The summed E-state index contributed by atoms with van der Waals surface area (Å²) in [5, 5.41) is 10.2. The molecule has 0 aliphatic heterocycles. The molecular formula is C24H26Br2N2O4. The number of carbonyl (C=O) groups is 2. The first kappa shape index (κ1) is 24.3. The summed E-state index contributed by atoms with van der Waals surface area (Å²) < 4.78 is 7.37. The number of aromatic nitrogens is 1. The van der Waals surface area contributed by atoms with Crippen LogP contribution in [0.15, 0.2) is 45.5 Å². The van der Waals surface area contributed by atoms with Gasteiger partial charge in [-0.3, -0.25) is 4.79 Å². The number of fused-ring (bicyclic) bond motifs is 1. The molecule has 0 aliphatic carbocycles. The topological polar surface area (TPSA) is 82.6 Å². The fourth-order valence-corrected chi connectivity index (χ4v) is 4.97. The fraction of sp³-hybridized carbons (Fsp3) is 0.333. The minimum atomic E-state index is -1.50. The molecule has 0 fully saturated rings. The summed E-state index contributed by atoms with van der Waals surface area (Å²) in [6, 6.07) is 9.29. The molecule has 1 heterocycles. The number of carboxylic acids is 1. The van der Waals surface area contributed by atoms with E-state index in [4.69, 9.17) is 9.84 Å². The van der Waals surface area contributed by atoms with Crippen LogP contribution >= 0.6 is 31.9 Å². The number of rotatable bonds is 9. The number of hydrogen-bond donors (Lipinski definition) is 2. The summed E-state index contributed by atoms with van der Waals surface area (Å²) in [7, 11) is 0. The Morgan fingerprint density at radius 3 is 2.41 bits per heavy atom. The summed E-state index contributed by atoms with van der Waals surface area (Å²) in [6.45, 7) is 4.16. The van der Waals surface area contributed by atoms with Crippen molar-refractivity contribution in [2.75, 3.05) is 11.4 Å². The van der Waals surface area contributed by atoms with Crippen LogP contribution in [0.2, 0.25) is 0 Å². The predicted molar refractivity (Wildman–Crippen MR) is 134 cm³/mol. The number of aliphatic carboxylic acids is 1. The van der Waals surface area contributed by atoms with Crippen LogP contribution in [-0.4, -0.2) is 28.5 Å². The van der Waals surface area contributed by atoms with Crippen molar-refractivity contribution in [1.29, 1.82) is 0 Å². The number of hydrogen-bond acceptors (Lipinski definition) is 3. The highest BCUT2D eigenvalue weighted by molar-refractivity contribution is 9.11. The van der Waals surface area contributed by atoms with Gasteiger partial charge in [0.25, 0.3) is 0 Å². The number of benzene rings is 2. The second-order valence-corrected chi connectivity index (χ2v) is 9.24. The molecule has 1 aromatic heterocycles. The minimum Gasteiger partial charge on any atom is -0.474 e. The smallest absolute Gasteiger partial charge is 0.394 e. The van der Waals surface area contributed by atoms with Crippen molar-refractivity contribution in [2.24, 2.45) is 0 Å². The number of nitrogens with zero attached hydrogens (tertiary/aromatic N) is 1. The molecule has 0 aliphatic rings. The lowest BCUT2D eigenvalue weighted by Gasteiger charge is -2.20. The van der Waals surface area contributed by atoms with Crippen LogP contribution in [0.25, 0.3) is 10.9 Å². The van der Waals surface area contributed by atoms with Gasteiger partial charge in [-0.1, -0.05) is 26.2 Å². The Kier molecular flexibility index (Phi) is 8.37. The zero-order valence-electron chi connectivity index (χ0n) is 18.1. The second-order valence-electron chi connectivity index (χ2n) is 7.53. The van der Waals surface area contributed by atoms with Crippen molar-refractivity contribution >= 4 is 60.3 Å². The van der Waals surface area contributed by atoms with Crippen LogP contribution in [0, 0.1) is 0 Å². The third kappa shape index (κ3) is 5.53. The lowest BCUT2D eigenvalue weighted by molar-refractivity contribution is -0.148. The Morgan fingerprint density at radius 1 is 1.06 bits per heavy atom. The third-order valence-corrected chi connectivity index (χ3v) is 6.48. The van der Waals surface area contributed by atoms with E-state index in [1.165, 1.54) is 29.7 Å². The number of aromatic amines is 1. The van der Waals surface area contributed by atoms with Crippen LogP contribution in [0.4, 0.5) is 5.69 Å². The molecule has 8 heteroatoms. The van der Waals surface area contributed by atoms with Crippen LogP contribution in [0.1, 0.15) is 45.1 Å². The van der Waals surface area contributed by atoms with Gasteiger partial charge in [0.15, 0.2) is 5.75 Å². The number of H-pyrrole nitrogens is 1. The van der Waals surface area contributed by atoms with Gasteiger partial charge in [0, 0.05) is 29.3 Å². The molecule has 0 radical (unpaired) electrons. The molecule has 2 aromatic carbocycles. The first-order valence-corrected chi connectivity index (χ1v) is 12.3. The second kappa shape index (κ2) is 11.0. The molecule has 0 unspecified atom stereocenters. The highest BCUT2D eigenvalue weighted by Gasteiger charge is 2.23. The Labute approximate surface area is 204 Å². The average Bonchev–Trinajstić information content (AvgIpc) is 3.16. The molecule has 3 aromatic rings. The molecule has 2 N–H and O–H groups in total. The monoisotopic (exact) mass is 564 g/mol. The van der Waals surface area contributed by atoms with Gasteiger partial charge in [0.1, 0.15) is 5.75 Å². The van der Waals surface area contributed by atoms with Crippen molar-refractivity contribution in [1.82, 2.24) is 4.98 Å². The Bertz CT molecular complexity index is 1100. The molecule has 0 saturated heterocycles. The summed E-state index contributed by atoms with van der Waals surface area (Å²) in [6.07, 6.45) is 7.95. The summed E-state index contributed by atoms with van der Waals surface area (Å²) in [5.41, 5.74) is 2.81. The predicted octanol–water partition coefficient (Wildman–Crippen LogP) is 7.05. The van der Waals surface area contributed by atoms with E-state index in [0.717, 1.165) is 23.7 Å². The standard InChI is InChI=1S/C24H26Br2N2O4/c1-3-5-6-7-8-15-14-27-21-10-9-17(13-18(15)21)32-22-19(25)11-16(12-20(22)26)28(4-2)23(29)24(30)31/h9-14,27H,3-8H2,1-2H3,(H,30,31). The lowest BCUT2D eigenvalue weighted by atomic mass is 10.1. The van der Waals surface area contributed by atoms with E-state index in [2.05, 4.69) is 50.0 Å². The number of aryl methyl sites for hydroxylation is 1. The van der Waals surface area contributed by atoms with Gasteiger partial charge in [-0.15, -0.1) is 0 Å². The third-order valence-electron chi connectivity index (χ3n) is 5.30. The summed E-state index contributed by atoms with van der Waals surface area (Å²) in [4.78, 5) is 27.6. The molecule has 1 amide bonds. The number of halogens is 2. The van der Waals surface area contributed by atoms with E-state index in [1.54, 1.807) is 19.1 Å². The Hall–Kier alpha value is -2.32. The van der Waals surface area contributed by atoms with Crippen LogP contribution in [0.3, 0.4) is 0 Å². The van der Waals surface area contributed by atoms with Gasteiger partial charge >= 0.3 is 11.9 Å². The van der Waals surface area contributed by atoms with E-state index in [9.17, 15) is 9.59 Å². The van der Waals surface area contributed by atoms with Crippen molar-refractivity contribution in [2.45, 2.75) is 46.0 Å². The average molecular weight is 566 g/mol. The molecule has 3 rings (SSSR count). The van der Waals surface area contributed by atoms with Crippen molar-refractivity contribution in [3.63, 3.8) is 0 Å². The number of carboxylic acid groups (broad SMARTS) is 1. The number of nitrogens with one attached hydrogen (secondary N) is 1. The maximum atomic E-state index is 12.0. The van der Waals surface area contributed by atoms with Crippen LogP contribution in [-0.2, 0) is 16.0 Å². The number of ether oxygens (including phenoxy) is 1. The summed E-state index contributed by atoms with van der Waals surface area (Å²) >= 11 is 7.00. The maximum Gasteiger partial charge on any atom is 0.394 e. The molecule has 0 saturated carbocycles. The largest absolute Gasteiger partial charge is 0.474 e. The van der Waals surface area contributed by atoms with Crippen molar-refractivity contribution in [3.8, 4) is 11.5 Å². The van der Waals surface area contributed by atoms with Crippen molar-refractivity contribution in [3.05, 3.63) is 51.0 Å². The highest BCUT2D eigenvalue weighted by atomic mass is 79.9. The number of carbonyl (C=O) groups excluding carboxylic acids is 1. The maximum absolute atomic E-state index is 12.0. The van der Waals surface area contributed by atoms with Gasteiger partial charge in [-0.05, 0) is 87.5 Å². The van der Waals surface area contributed by atoms with Gasteiger partial charge in [-0.25, -0.2) is 4.79 Å².